The van der Waals surface area contributed by atoms with Crippen LogP contribution in [0.4, 0.5) is 4.79 Å². The van der Waals surface area contributed by atoms with Gasteiger partial charge in [-0.25, -0.2) is 4.79 Å². The summed E-state index contributed by atoms with van der Waals surface area (Å²) < 4.78 is 0. The molecule has 0 rings (SSSR count). The molecule has 0 unspecified atom stereocenters. The van der Waals surface area contributed by atoms with Crippen LogP contribution in [0.2, 0.25) is 0 Å². The lowest BCUT2D eigenvalue weighted by Crippen LogP contribution is -2.53. The molecule has 6 heteroatoms. The Morgan fingerprint density at radius 3 is 2.18 bits per heavy atom. The first-order valence-corrected chi connectivity index (χ1v) is 5.59. The summed E-state index contributed by atoms with van der Waals surface area (Å²) in [5, 5.41) is 11.8. The lowest BCUT2D eigenvalue weighted by atomic mass is 10.1. The van der Waals surface area contributed by atoms with E-state index in [4.69, 9.17) is 5.11 Å². The van der Waals surface area contributed by atoms with Gasteiger partial charge in [0.05, 0.1) is 0 Å². The van der Waals surface area contributed by atoms with Crippen LogP contribution in [-0.2, 0) is 4.79 Å². The largest absolute Gasteiger partial charge is 0.480 e. The van der Waals surface area contributed by atoms with E-state index in [0.717, 1.165) is 0 Å². The minimum atomic E-state index is -1.00. The Bertz CT molecular complexity index is 274. The number of carboxylic acids is 1. The fraction of sp³-hybridized carbons (Fsp3) is 0.818. The number of carbonyl (C=O) groups excluding carboxylic acids is 1. The van der Waals surface area contributed by atoms with Crippen LogP contribution in [0.3, 0.4) is 0 Å². The van der Waals surface area contributed by atoms with Crippen LogP contribution in [0.1, 0.15) is 20.8 Å². The Hall–Kier alpha value is -1.30. The third kappa shape index (κ3) is 5.53. The molecule has 0 saturated heterocycles. The number of amides is 2. The maximum atomic E-state index is 12.1. The minimum absolute atomic E-state index is 0.268. The Kier molecular flexibility index (Phi) is 5.95. The smallest absolute Gasteiger partial charge is 0.323 e. The molecule has 2 N–H and O–H groups in total. The van der Waals surface area contributed by atoms with E-state index in [1.54, 1.807) is 14.1 Å². The van der Waals surface area contributed by atoms with Gasteiger partial charge in [0.15, 0.2) is 0 Å². The van der Waals surface area contributed by atoms with Crippen molar-refractivity contribution in [3.05, 3.63) is 0 Å². The molecular weight excluding hydrogens is 222 g/mol. The maximum Gasteiger partial charge on any atom is 0.323 e. The lowest BCUT2D eigenvalue weighted by Gasteiger charge is -2.37. The topological polar surface area (TPSA) is 72.9 Å². The molecular formula is C11H23N3O3. The number of nitrogens with zero attached hydrogens (tertiary/aromatic N) is 2. The number of likely N-dealkylation sites (N-methyl/N-ethyl adjacent to an activating group) is 2. The van der Waals surface area contributed by atoms with Gasteiger partial charge in [-0.1, -0.05) is 0 Å². The number of hydrogen-bond donors (Lipinski definition) is 2. The molecule has 0 atom stereocenters. The van der Waals surface area contributed by atoms with E-state index in [2.05, 4.69) is 5.32 Å². The molecule has 6 nitrogen and oxygen atoms in total. The molecule has 0 aliphatic carbocycles. The highest BCUT2D eigenvalue weighted by Crippen LogP contribution is 2.14. The molecule has 0 spiro atoms. The van der Waals surface area contributed by atoms with Crippen LogP contribution in [-0.4, -0.2) is 66.2 Å². The highest BCUT2D eigenvalue weighted by molar-refractivity contribution is 5.80. The molecule has 0 fully saturated rings. The van der Waals surface area contributed by atoms with Crippen molar-refractivity contribution in [2.24, 2.45) is 0 Å². The summed E-state index contributed by atoms with van der Waals surface area (Å²) in [6.07, 6.45) is 0. The van der Waals surface area contributed by atoms with Crippen LogP contribution in [0.5, 0.6) is 0 Å². The standard InChI is InChI=1S/C11H23N3O3/c1-11(2,3)14(8-9(15)16)10(17)13(5)7-6-12-4/h12H,6-8H2,1-5H3,(H,15,16). The molecule has 0 aromatic carbocycles. The Balaban J connectivity index is 4.69. The first-order valence-electron chi connectivity index (χ1n) is 5.59. The maximum absolute atomic E-state index is 12.1. The van der Waals surface area contributed by atoms with Gasteiger partial charge in [-0.3, -0.25) is 4.79 Å². The van der Waals surface area contributed by atoms with Crippen molar-refractivity contribution in [3.63, 3.8) is 0 Å². The molecule has 0 heterocycles. The number of hydrogen-bond acceptors (Lipinski definition) is 3. The fourth-order valence-electron chi connectivity index (χ4n) is 1.31. The summed E-state index contributed by atoms with van der Waals surface area (Å²) in [5.74, 6) is -1.00. The molecule has 0 aliphatic heterocycles. The van der Waals surface area contributed by atoms with Gasteiger partial charge in [0.1, 0.15) is 6.54 Å². The summed E-state index contributed by atoms with van der Waals surface area (Å²) in [6.45, 7) is 6.39. The van der Waals surface area contributed by atoms with Crippen LogP contribution >= 0.6 is 0 Å². The predicted octanol–water partition coefficient (Wildman–Crippen LogP) is 0.443. The molecule has 2 amide bonds. The highest BCUT2D eigenvalue weighted by atomic mass is 16.4. The average Bonchev–Trinajstić information content (AvgIpc) is 2.19. The van der Waals surface area contributed by atoms with Gasteiger partial charge >= 0.3 is 12.0 Å². The Morgan fingerprint density at radius 1 is 1.29 bits per heavy atom. The molecule has 100 valence electrons. The zero-order valence-electron chi connectivity index (χ0n) is 11.3. The monoisotopic (exact) mass is 245 g/mol. The van der Waals surface area contributed by atoms with Gasteiger partial charge in [0.2, 0.25) is 0 Å². The number of rotatable bonds is 5. The molecule has 17 heavy (non-hydrogen) atoms. The van der Waals surface area contributed by atoms with Gasteiger partial charge in [-0.2, -0.15) is 0 Å². The number of aliphatic carboxylic acids is 1. The van der Waals surface area contributed by atoms with E-state index in [1.165, 1.54) is 9.80 Å². The normalized spacial score (nSPS) is 11.1. The molecule has 0 bridgehead atoms. The predicted molar refractivity (Wildman–Crippen MR) is 66.0 cm³/mol. The molecule has 0 aromatic heterocycles. The van der Waals surface area contributed by atoms with E-state index in [0.29, 0.717) is 13.1 Å². The minimum Gasteiger partial charge on any atom is -0.480 e. The SMILES string of the molecule is CNCCN(C)C(=O)N(CC(=O)O)C(C)(C)C. The zero-order valence-corrected chi connectivity index (χ0v) is 11.3. The number of urea groups is 1. The van der Waals surface area contributed by atoms with Gasteiger partial charge in [0, 0.05) is 25.7 Å². The van der Waals surface area contributed by atoms with Crippen molar-refractivity contribution in [1.82, 2.24) is 15.1 Å². The van der Waals surface area contributed by atoms with Crippen molar-refractivity contribution in [3.8, 4) is 0 Å². The summed E-state index contributed by atoms with van der Waals surface area (Å²) >= 11 is 0. The summed E-state index contributed by atoms with van der Waals surface area (Å²) in [5.41, 5.74) is -0.511. The Morgan fingerprint density at radius 2 is 1.82 bits per heavy atom. The second kappa shape index (κ2) is 6.44. The van der Waals surface area contributed by atoms with Gasteiger partial charge in [-0.05, 0) is 27.8 Å². The lowest BCUT2D eigenvalue weighted by molar-refractivity contribution is -0.138. The fourth-order valence-corrected chi connectivity index (χ4v) is 1.31. The molecule has 0 radical (unpaired) electrons. The van der Waals surface area contributed by atoms with Crippen molar-refractivity contribution >= 4 is 12.0 Å². The van der Waals surface area contributed by atoms with Gasteiger partial charge in [0.25, 0.3) is 0 Å². The van der Waals surface area contributed by atoms with Crippen LogP contribution in [0.15, 0.2) is 0 Å². The molecule has 0 saturated carbocycles. The van der Waals surface area contributed by atoms with Crippen molar-refractivity contribution in [2.75, 3.05) is 33.7 Å². The van der Waals surface area contributed by atoms with E-state index < -0.39 is 11.5 Å². The second-order valence-electron chi connectivity index (χ2n) is 4.96. The summed E-state index contributed by atoms with van der Waals surface area (Å²) in [4.78, 5) is 25.7. The number of carboxylic acid groups (broad SMARTS) is 1. The third-order valence-electron chi connectivity index (χ3n) is 2.36. The van der Waals surface area contributed by atoms with Crippen molar-refractivity contribution in [2.45, 2.75) is 26.3 Å². The second-order valence-corrected chi connectivity index (χ2v) is 4.96. The van der Waals surface area contributed by atoms with Crippen LogP contribution in [0, 0.1) is 0 Å². The summed E-state index contributed by atoms with van der Waals surface area (Å²) in [6, 6.07) is -0.268. The van der Waals surface area contributed by atoms with Crippen molar-refractivity contribution < 1.29 is 14.7 Å². The van der Waals surface area contributed by atoms with Gasteiger partial charge < -0.3 is 20.2 Å². The van der Waals surface area contributed by atoms with E-state index in [-0.39, 0.29) is 12.6 Å². The number of carbonyl (C=O) groups is 2. The molecule has 0 aliphatic rings. The molecule has 0 aromatic rings. The van der Waals surface area contributed by atoms with Gasteiger partial charge in [-0.15, -0.1) is 0 Å². The highest BCUT2D eigenvalue weighted by Gasteiger charge is 2.30. The summed E-state index contributed by atoms with van der Waals surface area (Å²) in [7, 11) is 3.47. The van der Waals surface area contributed by atoms with E-state index >= 15 is 0 Å². The first kappa shape index (κ1) is 15.7. The quantitative estimate of drug-likeness (QED) is 0.737. The van der Waals surface area contributed by atoms with Crippen LogP contribution in [0.25, 0.3) is 0 Å². The Labute approximate surface area is 103 Å². The van der Waals surface area contributed by atoms with Crippen molar-refractivity contribution in [1.29, 1.82) is 0 Å². The zero-order chi connectivity index (χ0) is 13.6. The number of nitrogens with one attached hydrogen (secondary N) is 1. The first-order chi connectivity index (χ1) is 7.70. The van der Waals surface area contributed by atoms with E-state index in [9.17, 15) is 9.59 Å². The average molecular weight is 245 g/mol. The van der Waals surface area contributed by atoms with Crippen LogP contribution < -0.4 is 5.32 Å². The third-order valence-corrected chi connectivity index (χ3v) is 2.36. The van der Waals surface area contributed by atoms with E-state index in [1.807, 2.05) is 20.8 Å².